The lowest BCUT2D eigenvalue weighted by atomic mass is 10.4. The summed E-state index contributed by atoms with van der Waals surface area (Å²) in [6.07, 6.45) is 5.34. The molecular weight excluding hydrogens is 220 g/mol. The largest absolute Gasteiger partial charge is 0.480 e. The molecular formula is C11H20N4O2. The van der Waals surface area contributed by atoms with E-state index in [9.17, 15) is 4.79 Å². The first-order valence-electron chi connectivity index (χ1n) is 5.62. The van der Waals surface area contributed by atoms with Crippen molar-refractivity contribution in [2.45, 2.75) is 6.54 Å². The summed E-state index contributed by atoms with van der Waals surface area (Å²) >= 11 is 0. The first kappa shape index (κ1) is 13.7. The van der Waals surface area contributed by atoms with Gasteiger partial charge in [0.15, 0.2) is 0 Å². The molecule has 0 radical (unpaired) electrons. The van der Waals surface area contributed by atoms with Crippen LogP contribution in [0.5, 0.6) is 0 Å². The number of carboxylic acids is 1. The highest BCUT2D eigenvalue weighted by molar-refractivity contribution is 5.69. The van der Waals surface area contributed by atoms with E-state index in [-0.39, 0.29) is 6.54 Å². The molecule has 0 bridgehead atoms. The Kier molecular flexibility index (Phi) is 5.65. The summed E-state index contributed by atoms with van der Waals surface area (Å²) in [4.78, 5) is 18.7. The molecule has 0 aliphatic heterocycles. The highest BCUT2D eigenvalue weighted by Crippen LogP contribution is 1.93. The maximum atomic E-state index is 10.7. The van der Waals surface area contributed by atoms with Crippen molar-refractivity contribution >= 4 is 5.97 Å². The predicted molar refractivity (Wildman–Crippen MR) is 64.9 cm³/mol. The quantitative estimate of drug-likeness (QED) is 0.683. The average Bonchev–Trinajstić information content (AvgIpc) is 2.74. The molecule has 1 aromatic rings. The van der Waals surface area contributed by atoms with E-state index in [0.29, 0.717) is 0 Å². The summed E-state index contributed by atoms with van der Waals surface area (Å²) in [6, 6.07) is 0. The lowest BCUT2D eigenvalue weighted by Crippen LogP contribution is -2.37. The molecule has 0 atom stereocenters. The fourth-order valence-electron chi connectivity index (χ4n) is 1.48. The summed E-state index contributed by atoms with van der Waals surface area (Å²) in [6.45, 7) is 3.19. The van der Waals surface area contributed by atoms with E-state index < -0.39 is 5.97 Å². The van der Waals surface area contributed by atoms with Crippen molar-refractivity contribution in [3.63, 3.8) is 0 Å². The van der Waals surface area contributed by atoms with Crippen LogP contribution < -0.4 is 0 Å². The second kappa shape index (κ2) is 7.03. The zero-order chi connectivity index (χ0) is 12.7. The highest BCUT2D eigenvalue weighted by Gasteiger charge is 2.09. The Balaban J connectivity index is 2.36. The topological polar surface area (TPSA) is 61.6 Å². The Morgan fingerprint density at radius 3 is 2.65 bits per heavy atom. The molecule has 17 heavy (non-hydrogen) atoms. The Hall–Kier alpha value is -1.40. The van der Waals surface area contributed by atoms with Gasteiger partial charge in [0, 0.05) is 38.6 Å². The summed E-state index contributed by atoms with van der Waals surface area (Å²) in [5.74, 6) is -0.783. The number of carboxylic acid groups (broad SMARTS) is 1. The van der Waals surface area contributed by atoms with Crippen LogP contribution in [0.3, 0.4) is 0 Å². The Morgan fingerprint density at radius 2 is 2.12 bits per heavy atom. The normalized spacial score (nSPS) is 11.3. The van der Waals surface area contributed by atoms with Crippen molar-refractivity contribution in [2.24, 2.45) is 0 Å². The molecule has 6 heteroatoms. The third kappa shape index (κ3) is 6.03. The first-order chi connectivity index (χ1) is 8.08. The van der Waals surface area contributed by atoms with Crippen molar-refractivity contribution < 1.29 is 9.90 Å². The minimum absolute atomic E-state index is 0.0859. The number of hydrogen-bond donors (Lipinski definition) is 1. The van der Waals surface area contributed by atoms with Crippen molar-refractivity contribution in [3.05, 3.63) is 18.7 Å². The smallest absolute Gasteiger partial charge is 0.317 e. The van der Waals surface area contributed by atoms with Gasteiger partial charge in [0.05, 0.1) is 12.9 Å². The van der Waals surface area contributed by atoms with E-state index in [2.05, 4.69) is 4.98 Å². The van der Waals surface area contributed by atoms with Crippen LogP contribution in [-0.4, -0.2) is 70.7 Å². The van der Waals surface area contributed by atoms with Gasteiger partial charge in [0.1, 0.15) is 0 Å². The molecule has 0 aliphatic carbocycles. The number of aliphatic carboxylic acids is 1. The van der Waals surface area contributed by atoms with Gasteiger partial charge in [-0.25, -0.2) is 4.98 Å². The van der Waals surface area contributed by atoms with Gasteiger partial charge in [-0.3, -0.25) is 9.69 Å². The molecule has 0 amide bonds. The van der Waals surface area contributed by atoms with E-state index in [0.717, 1.165) is 26.2 Å². The van der Waals surface area contributed by atoms with Crippen molar-refractivity contribution in [2.75, 3.05) is 40.3 Å². The fraction of sp³-hybridized carbons (Fsp3) is 0.636. The number of aromatic nitrogens is 2. The van der Waals surface area contributed by atoms with Gasteiger partial charge in [-0.15, -0.1) is 0 Å². The Morgan fingerprint density at radius 1 is 1.35 bits per heavy atom. The van der Waals surface area contributed by atoms with Crippen molar-refractivity contribution in [3.8, 4) is 0 Å². The van der Waals surface area contributed by atoms with E-state index in [4.69, 9.17) is 5.11 Å². The van der Waals surface area contributed by atoms with Crippen LogP contribution in [0.1, 0.15) is 0 Å². The maximum Gasteiger partial charge on any atom is 0.317 e. The highest BCUT2D eigenvalue weighted by atomic mass is 16.4. The van der Waals surface area contributed by atoms with E-state index >= 15 is 0 Å². The minimum atomic E-state index is -0.783. The average molecular weight is 240 g/mol. The zero-order valence-electron chi connectivity index (χ0n) is 10.4. The summed E-state index contributed by atoms with van der Waals surface area (Å²) in [5.41, 5.74) is 0. The number of rotatable bonds is 8. The van der Waals surface area contributed by atoms with Crippen LogP contribution in [-0.2, 0) is 11.3 Å². The van der Waals surface area contributed by atoms with Gasteiger partial charge in [0.2, 0.25) is 0 Å². The number of hydrogen-bond acceptors (Lipinski definition) is 4. The SMILES string of the molecule is CN(C)CCN(CCn1ccnc1)CC(=O)O. The van der Waals surface area contributed by atoms with Crippen LogP contribution in [0.4, 0.5) is 0 Å². The van der Waals surface area contributed by atoms with Gasteiger partial charge >= 0.3 is 5.97 Å². The standard InChI is InChI=1S/C11H20N4O2/c1-13(2)5-6-14(9-11(16)17)7-8-15-4-3-12-10-15/h3-4,10H,5-9H2,1-2H3,(H,16,17). The number of nitrogens with zero attached hydrogens (tertiary/aromatic N) is 4. The van der Waals surface area contributed by atoms with Crippen LogP contribution in [0, 0.1) is 0 Å². The third-order valence-electron chi connectivity index (χ3n) is 2.46. The fourth-order valence-corrected chi connectivity index (χ4v) is 1.48. The minimum Gasteiger partial charge on any atom is -0.480 e. The van der Waals surface area contributed by atoms with Crippen molar-refractivity contribution in [1.29, 1.82) is 0 Å². The molecule has 1 rings (SSSR count). The molecule has 1 heterocycles. The molecule has 0 unspecified atom stereocenters. The molecule has 0 saturated heterocycles. The molecule has 0 aliphatic rings. The van der Waals surface area contributed by atoms with Crippen LogP contribution >= 0.6 is 0 Å². The second-order valence-corrected chi connectivity index (χ2v) is 4.27. The third-order valence-corrected chi connectivity index (χ3v) is 2.46. The van der Waals surface area contributed by atoms with Gasteiger partial charge in [0.25, 0.3) is 0 Å². The lowest BCUT2D eigenvalue weighted by Gasteiger charge is -2.22. The number of carbonyl (C=O) groups is 1. The van der Waals surface area contributed by atoms with E-state index in [1.807, 2.05) is 34.7 Å². The molecule has 0 aromatic carbocycles. The first-order valence-corrected chi connectivity index (χ1v) is 5.62. The van der Waals surface area contributed by atoms with Crippen LogP contribution in [0.2, 0.25) is 0 Å². The van der Waals surface area contributed by atoms with Gasteiger partial charge in [-0.1, -0.05) is 0 Å². The van der Waals surface area contributed by atoms with Crippen LogP contribution in [0.25, 0.3) is 0 Å². The second-order valence-electron chi connectivity index (χ2n) is 4.27. The van der Waals surface area contributed by atoms with E-state index in [1.54, 1.807) is 12.5 Å². The van der Waals surface area contributed by atoms with Crippen LogP contribution in [0.15, 0.2) is 18.7 Å². The Bertz CT molecular complexity index is 324. The Labute approximate surface area is 101 Å². The predicted octanol–water partition coefficient (Wildman–Crippen LogP) is -0.169. The molecule has 96 valence electrons. The summed E-state index contributed by atoms with van der Waals surface area (Å²) in [5, 5.41) is 8.83. The maximum absolute atomic E-state index is 10.7. The molecule has 0 fully saturated rings. The van der Waals surface area contributed by atoms with Gasteiger partial charge < -0.3 is 14.6 Å². The van der Waals surface area contributed by atoms with Crippen molar-refractivity contribution in [1.82, 2.24) is 19.4 Å². The molecule has 6 nitrogen and oxygen atoms in total. The van der Waals surface area contributed by atoms with Gasteiger partial charge in [-0.2, -0.15) is 0 Å². The lowest BCUT2D eigenvalue weighted by molar-refractivity contribution is -0.138. The summed E-state index contributed by atoms with van der Waals surface area (Å²) in [7, 11) is 3.96. The zero-order valence-corrected chi connectivity index (χ0v) is 10.4. The molecule has 0 spiro atoms. The van der Waals surface area contributed by atoms with Gasteiger partial charge in [-0.05, 0) is 14.1 Å². The van der Waals surface area contributed by atoms with E-state index in [1.165, 1.54) is 0 Å². The summed E-state index contributed by atoms with van der Waals surface area (Å²) < 4.78 is 1.95. The number of likely N-dealkylation sites (N-methyl/N-ethyl adjacent to an activating group) is 1. The molecule has 1 aromatic heterocycles. The number of imidazole rings is 1. The molecule has 1 N–H and O–H groups in total. The monoisotopic (exact) mass is 240 g/mol. The molecule has 0 saturated carbocycles.